The first-order valence-electron chi connectivity index (χ1n) is 9.52. The normalized spacial score (nSPS) is 14.0. The van der Waals surface area contributed by atoms with Crippen LogP contribution >= 0.6 is 0 Å². The molecule has 3 aromatic rings. The van der Waals surface area contributed by atoms with Crippen molar-refractivity contribution < 1.29 is 9.34 Å². The van der Waals surface area contributed by atoms with E-state index in [9.17, 15) is 10.1 Å². The first-order chi connectivity index (χ1) is 13.6. The molecule has 0 spiro atoms. The molecule has 1 aliphatic heterocycles. The Hall–Kier alpha value is -3.06. The number of aryl methyl sites for hydroxylation is 1. The molecule has 0 amide bonds. The number of hydrogen-bond acceptors (Lipinski definition) is 6. The van der Waals surface area contributed by atoms with E-state index < -0.39 is 0 Å². The summed E-state index contributed by atoms with van der Waals surface area (Å²) >= 11 is 0. The molecule has 3 heterocycles. The minimum absolute atomic E-state index is 0.0512. The van der Waals surface area contributed by atoms with Gasteiger partial charge in [-0.3, -0.25) is 15.0 Å². The van der Waals surface area contributed by atoms with E-state index >= 15 is 0 Å². The third-order valence-corrected chi connectivity index (χ3v) is 4.94. The minimum Gasteiger partial charge on any atom is -0.459 e. The first kappa shape index (κ1) is 18.3. The maximum Gasteiger partial charge on any atom is 0.280 e. The van der Waals surface area contributed by atoms with Gasteiger partial charge in [-0.2, -0.15) is 0 Å². The Morgan fingerprint density at radius 2 is 2.11 bits per heavy atom. The number of nitro benzene ring substituents is 1. The number of nitro groups is 1. The summed E-state index contributed by atoms with van der Waals surface area (Å²) in [7, 11) is 0. The zero-order chi connectivity index (χ0) is 19.5. The fourth-order valence-corrected chi connectivity index (χ4v) is 3.56. The third-order valence-electron chi connectivity index (χ3n) is 4.94. The van der Waals surface area contributed by atoms with E-state index in [0.717, 1.165) is 55.2 Å². The largest absolute Gasteiger partial charge is 0.459 e. The predicted octanol–water partition coefficient (Wildman–Crippen LogP) is 4.16. The molecule has 0 radical (unpaired) electrons. The van der Waals surface area contributed by atoms with Crippen molar-refractivity contribution >= 4 is 5.69 Å². The maximum atomic E-state index is 11.2. The number of benzene rings is 1. The molecule has 2 aromatic heterocycles. The lowest BCUT2D eigenvalue weighted by molar-refractivity contribution is -0.384. The average Bonchev–Trinajstić information content (AvgIpc) is 3.16. The molecule has 1 aromatic carbocycles. The van der Waals surface area contributed by atoms with Crippen LogP contribution in [0.5, 0.6) is 0 Å². The number of fused-ring (bicyclic) bond motifs is 1. The van der Waals surface area contributed by atoms with Gasteiger partial charge in [0, 0.05) is 49.5 Å². The highest BCUT2D eigenvalue weighted by Crippen LogP contribution is 2.31. The predicted molar refractivity (Wildman–Crippen MR) is 105 cm³/mol. The Labute approximate surface area is 163 Å². The summed E-state index contributed by atoms with van der Waals surface area (Å²) in [5, 5.41) is 11.2. The molecular formula is C21H22N4O3. The van der Waals surface area contributed by atoms with Gasteiger partial charge >= 0.3 is 0 Å². The van der Waals surface area contributed by atoms with E-state index in [-0.39, 0.29) is 10.6 Å². The van der Waals surface area contributed by atoms with E-state index in [1.807, 2.05) is 12.3 Å². The van der Waals surface area contributed by atoms with Crippen LogP contribution in [0.2, 0.25) is 0 Å². The van der Waals surface area contributed by atoms with Crippen molar-refractivity contribution in [3.8, 4) is 11.3 Å². The van der Waals surface area contributed by atoms with Gasteiger partial charge < -0.3 is 4.42 Å². The lowest BCUT2D eigenvalue weighted by atomic mass is 10.1. The zero-order valence-corrected chi connectivity index (χ0v) is 15.8. The summed E-state index contributed by atoms with van der Waals surface area (Å²) in [6.07, 6.45) is 4.80. The van der Waals surface area contributed by atoms with Gasteiger partial charge in [0.05, 0.1) is 17.0 Å². The van der Waals surface area contributed by atoms with Crippen molar-refractivity contribution in [1.29, 1.82) is 0 Å². The van der Waals surface area contributed by atoms with Gasteiger partial charge in [-0.15, -0.1) is 0 Å². The van der Waals surface area contributed by atoms with Crippen LogP contribution in [0.15, 0.2) is 47.0 Å². The second-order valence-corrected chi connectivity index (χ2v) is 7.01. The second-order valence-electron chi connectivity index (χ2n) is 7.01. The number of furan rings is 1. The molecule has 1 aliphatic rings. The molecule has 0 saturated heterocycles. The number of rotatable bonds is 6. The highest BCUT2D eigenvalue weighted by molar-refractivity contribution is 5.69. The summed E-state index contributed by atoms with van der Waals surface area (Å²) in [6, 6.07) is 10.3. The van der Waals surface area contributed by atoms with Gasteiger partial charge in [-0.25, -0.2) is 9.97 Å². The van der Waals surface area contributed by atoms with Crippen LogP contribution in [0.4, 0.5) is 5.69 Å². The summed E-state index contributed by atoms with van der Waals surface area (Å²) in [5.74, 6) is 2.24. The highest BCUT2D eigenvalue weighted by atomic mass is 16.6. The molecule has 0 aliphatic carbocycles. The van der Waals surface area contributed by atoms with Crippen molar-refractivity contribution in [2.75, 3.05) is 6.54 Å². The van der Waals surface area contributed by atoms with Crippen LogP contribution in [0.1, 0.15) is 36.2 Å². The first-order valence-corrected chi connectivity index (χ1v) is 9.52. The van der Waals surface area contributed by atoms with Crippen molar-refractivity contribution in [2.24, 2.45) is 0 Å². The van der Waals surface area contributed by atoms with E-state index in [1.165, 1.54) is 6.07 Å². The molecule has 7 nitrogen and oxygen atoms in total. The highest BCUT2D eigenvalue weighted by Gasteiger charge is 2.21. The Morgan fingerprint density at radius 3 is 2.93 bits per heavy atom. The maximum absolute atomic E-state index is 11.2. The monoisotopic (exact) mass is 378 g/mol. The molecule has 4 rings (SSSR count). The third kappa shape index (κ3) is 3.80. The summed E-state index contributed by atoms with van der Waals surface area (Å²) in [6.45, 7) is 4.46. The number of hydrogen-bond donors (Lipinski definition) is 0. The topological polar surface area (TPSA) is 85.3 Å². The van der Waals surface area contributed by atoms with Gasteiger partial charge in [-0.1, -0.05) is 19.1 Å². The Balaban J connectivity index is 1.47. The van der Waals surface area contributed by atoms with Gasteiger partial charge in [0.25, 0.3) is 5.69 Å². The number of nitrogens with zero attached hydrogens (tertiary/aromatic N) is 4. The zero-order valence-electron chi connectivity index (χ0n) is 15.8. The summed E-state index contributed by atoms with van der Waals surface area (Å²) in [5.41, 5.74) is 2.86. The summed E-state index contributed by atoms with van der Waals surface area (Å²) < 4.78 is 5.92. The van der Waals surface area contributed by atoms with Crippen LogP contribution in [-0.4, -0.2) is 26.3 Å². The fourth-order valence-electron chi connectivity index (χ4n) is 3.56. The number of aromatic nitrogens is 2. The van der Waals surface area contributed by atoms with Crippen LogP contribution in [-0.2, 0) is 25.9 Å². The Morgan fingerprint density at radius 1 is 1.25 bits per heavy atom. The van der Waals surface area contributed by atoms with Crippen LogP contribution < -0.4 is 0 Å². The molecule has 0 saturated carbocycles. The molecule has 0 bridgehead atoms. The minimum atomic E-state index is -0.383. The molecular weight excluding hydrogens is 356 g/mol. The lowest BCUT2D eigenvalue weighted by Crippen LogP contribution is -2.31. The van der Waals surface area contributed by atoms with Crippen molar-refractivity contribution in [1.82, 2.24) is 14.9 Å². The van der Waals surface area contributed by atoms with E-state index in [0.29, 0.717) is 17.9 Å². The van der Waals surface area contributed by atoms with Crippen molar-refractivity contribution in [3.63, 3.8) is 0 Å². The quantitative estimate of drug-likeness (QED) is 0.473. The fraction of sp³-hybridized carbons (Fsp3) is 0.333. The molecule has 0 N–H and O–H groups in total. The lowest BCUT2D eigenvalue weighted by Gasteiger charge is -2.27. The van der Waals surface area contributed by atoms with Crippen molar-refractivity contribution in [2.45, 2.75) is 39.3 Å². The van der Waals surface area contributed by atoms with E-state index in [1.54, 1.807) is 24.3 Å². The molecule has 144 valence electrons. The van der Waals surface area contributed by atoms with Crippen LogP contribution in [0.3, 0.4) is 0 Å². The molecule has 0 fully saturated rings. The van der Waals surface area contributed by atoms with Crippen molar-refractivity contribution in [3.05, 3.63) is 75.6 Å². The number of para-hydroxylation sites is 1. The SMILES string of the molecule is CCCc1ncc2c(n1)CCN(Cc1ccc(-c3ccccc3[N+](=O)[O-])o1)C2. The Kier molecular flexibility index (Phi) is 5.16. The standard InChI is InChI=1S/C21H22N4O3/c1-2-5-21-22-12-15-13-24(11-10-18(15)23-21)14-16-8-9-20(28-16)17-6-3-4-7-19(17)25(26)27/h3-4,6-9,12H,2,5,10-11,13-14H2,1H3. The van der Waals surface area contributed by atoms with Gasteiger partial charge in [0.2, 0.25) is 0 Å². The summed E-state index contributed by atoms with van der Waals surface area (Å²) in [4.78, 5) is 22.3. The smallest absolute Gasteiger partial charge is 0.280 e. The molecule has 7 heteroatoms. The van der Waals surface area contributed by atoms with Gasteiger partial charge in [-0.05, 0) is 24.6 Å². The van der Waals surface area contributed by atoms with Crippen LogP contribution in [0, 0.1) is 10.1 Å². The molecule has 0 unspecified atom stereocenters. The Bertz CT molecular complexity index is 999. The molecule has 28 heavy (non-hydrogen) atoms. The van der Waals surface area contributed by atoms with Gasteiger partial charge in [0.1, 0.15) is 17.3 Å². The van der Waals surface area contributed by atoms with E-state index in [4.69, 9.17) is 4.42 Å². The molecule has 0 atom stereocenters. The average molecular weight is 378 g/mol. The second kappa shape index (κ2) is 7.90. The van der Waals surface area contributed by atoms with Crippen LogP contribution in [0.25, 0.3) is 11.3 Å². The van der Waals surface area contributed by atoms with Gasteiger partial charge in [0.15, 0.2) is 0 Å². The van der Waals surface area contributed by atoms with E-state index in [2.05, 4.69) is 21.8 Å².